The maximum absolute atomic E-state index is 11.7. The summed E-state index contributed by atoms with van der Waals surface area (Å²) in [5, 5.41) is 10.1. The van der Waals surface area contributed by atoms with Crippen molar-refractivity contribution in [3.63, 3.8) is 0 Å². The number of ketones is 1. The molecule has 76 valence electrons. The standard InChI is InChI=1S/C12H16O2/c1-2-3-10(14)12-7-4-5-8(12)11(12)9(13)6-7/h2,7-8,10-11,14H,1,3-6H2/t7-,8+,10?,11-,12+/m1/s1. The maximum atomic E-state index is 11.7. The van der Waals surface area contributed by atoms with E-state index in [2.05, 4.69) is 6.58 Å². The van der Waals surface area contributed by atoms with Crippen LogP contribution < -0.4 is 0 Å². The van der Waals surface area contributed by atoms with E-state index < -0.39 is 0 Å². The van der Waals surface area contributed by atoms with Crippen molar-refractivity contribution in [1.29, 1.82) is 0 Å². The van der Waals surface area contributed by atoms with E-state index in [9.17, 15) is 9.90 Å². The van der Waals surface area contributed by atoms with Crippen LogP contribution in [-0.4, -0.2) is 17.0 Å². The average Bonchev–Trinajstić information content (AvgIpc) is 2.64. The minimum absolute atomic E-state index is 0.00523. The fraction of sp³-hybridized carbons (Fsp3) is 0.750. The Balaban J connectivity index is 1.92. The molecule has 0 aromatic rings. The molecule has 14 heavy (non-hydrogen) atoms. The molecule has 3 saturated carbocycles. The lowest BCUT2D eigenvalue weighted by Crippen LogP contribution is -2.27. The first-order chi connectivity index (χ1) is 6.72. The van der Waals surface area contributed by atoms with Crippen LogP contribution in [0.1, 0.15) is 25.7 Å². The molecular weight excluding hydrogens is 176 g/mol. The van der Waals surface area contributed by atoms with Gasteiger partial charge in [-0.05, 0) is 31.1 Å². The van der Waals surface area contributed by atoms with Crippen molar-refractivity contribution >= 4 is 5.78 Å². The van der Waals surface area contributed by atoms with E-state index in [0.717, 1.165) is 19.3 Å². The topological polar surface area (TPSA) is 37.3 Å². The third kappa shape index (κ3) is 0.714. The predicted molar refractivity (Wildman–Crippen MR) is 52.6 cm³/mol. The Morgan fingerprint density at radius 2 is 2.43 bits per heavy atom. The number of carbonyl (C=O) groups excluding carboxylic acids is 1. The molecule has 0 amide bonds. The van der Waals surface area contributed by atoms with Gasteiger partial charge in [0.05, 0.1) is 6.10 Å². The number of hydrogen-bond donors (Lipinski definition) is 1. The third-order valence-corrected chi connectivity index (χ3v) is 4.77. The SMILES string of the molecule is C=CCC(O)[C@]12[C@@H]3CC[C@H]1[C@@H]2C(=O)C3. The molecular formula is C12H16O2. The second kappa shape index (κ2) is 2.48. The number of aliphatic hydroxyl groups excluding tert-OH is 1. The molecule has 2 nitrogen and oxygen atoms in total. The largest absolute Gasteiger partial charge is 0.392 e. The quantitative estimate of drug-likeness (QED) is 0.689. The summed E-state index contributed by atoms with van der Waals surface area (Å²) >= 11 is 0. The summed E-state index contributed by atoms with van der Waals surface area (Å²) in [6.45, 7) is 3.67. The van der Waals surface area contributed by atoms with Crippen molar-refractivity contribution in [2.24, 2.45) is 23.2 Å². The zero-order valence-electron chi connectivity index (χ0n) is 8.28. The summed E-state index contributed by atoms with van der Waals surface area (Å²) < 4.78 is 0. The van der Waals surface area contributed by atoms with Gasteiger partial charge < -0.3 is 5.11 Å². The minimum atomic E-state index is -0.311. The number of carbonyl (C=O) groups is 1. The Kier molecular flexibility index (Phi) is 1.54. The zero-order valence-corrected chi connectivity index (χ0v) is 8.28. The highest BCUT2D eigenvalue weighted by molar-refractivity contribution is 5.90. The number of hydrogen-bond acceptors (Lipinski definition) is 2. The van der Waals surface area contributed by atoms with Crippen molar-refractivity contribution in [2.45, 2.75) is 31.8 Å². The molecule has 3 fully saturated rings. The molecule has 3 rings (SSSR count). The molecule has 0 radical (unpaired) electrons. The highest BCUT2D eigenvalue weighted by Gasteiger charge is 2.79. The Bertz CT molecular complexity index is 309. The smallest absolute Gasteiger partial charge is 0.137 e. The summed E-state index contributed by atoms with van der Waals surface area (Å²) in [5.41, 5.74) is 0.00523. The Hall–Kier alpha value is -0.630. The Morgan fingerprint density at radius 1 is 1.64 bits per heavy atom. The fourth-order valence-corrected chi connectivity index (χ4v) is 4.35. The van der Waals surface area contributed by atoms with E-state index in [0.29, 0.717) is 24.0 Å². The van der Waals surface area contributed by atoms with E-state index in [1.165, 1.54) is 0 Å². The average molecular weight is 192 g/mol. The van der Waals surface area contributed by atoms with Crippen molar-refractivity contribution in [3.05, 3.63) is 12.7 Å². The highest BCUT2D eigenvalue weighted by atomic mass is 16.3. The van der Waals surface area contributed by atoms with Gasteiger partial charge in [0.25, 0.3) is 0 Å². The number of Topliss-reactive ketones (excluding diaryl/α,β-unsaturated/α-hetero) is 1. The van der Waals surface area contributed by atoms with E-state index in [1.807, 2.05) is 0 Å². The number of aliphatic hydroxyl groups is 1. The van der Waals surface area contributed by atoms with E-state index in [1.54, 1.807) is 6.08 Å². The van der Waals surface area contributed by atoms with Crippen LogP contribution in [0.25, 0.3) is 0 Å². The second-order valence-corrected chi connectivity index (χ2v) is 5.07. The Labute approximate surface area is 84.0 Å². The molecule has 3 aliphatic carbocycles. The molecule has 5 atom stereocenters. The van der Waals surface area contributed by atoms with Gasteiger partial charge in [0, 0.05) is 17.8 Å². The van der Waals surface area contributed by atoms with Crippen molar-refractivity contribution in [2.75, 3.05) is 0 Å². The summed E-state index contributed by atoms with van der Waals surface area (Å²) in [6.07, 6.45) is 5.16. The molecule has 0 aromatic heterocycles. The van der Waals surface area contributed by atoms with Crippen molar-refractivity contribution in [1.82, 2.24) is 0 Å². The Morgan fingerprint density at radius 3 is 3.00 bits per heavy atom. The molecule has 0 aromatic carbocycles. The number of fused-ring (bicyclic) bond motifs is 1. The van der Waals surface area contributed by atoms with Gasteiger partial charge in [-0.25, -0.2) is 0 Å². The van der Waals surface area contributed by atoms with E-state index in [4.69, 9.17) is 0 Å². The van der Waals surface area contributed by atoms with Gasteiger partial charge in [-0.1, -0.05) is 6.08 Å². The lowest BCUT2D eigenvalue weighted by atomic mass is 9.85. The summed E-state index contributed by atoms with van der Waals surface area (Å²) in [7, 11) is 0. The van der Waals surface area contributed by atoms with Crippen LogP contribution >= 0.6 is 0 Å². The summed E-state index contributed by atoms with van der Waals surface area (Å²) in [5.74, 6) is 1.64. The van der Waals surface area contributed by atoms with E-state index >= 15 is 0 Å². The van der Waals surface area contributed by atoms with Gasteiger partial charge in [0.2, 0.25) is 0 Å². The summed E-state index contributed by atoms with van der Waals surface area (Å²) in [4.78, 5) is 11.7. The maximum Gasteiger partial charge on any atom is 0.137 e. The van der Waals surface area contributed by atoms with Crippen LogP contribution in [0.15, 0.2) is 12.7 Å². The normalized spacial score (nSPS) is 50.4. The molecule has 0 saturated heterocycles. The van der Waals surface area contributed by atoms with Gasteiger partial charge in [-0.15, -0.1) is 6.58 Å². The molecule has 0 heterocycles. The van der Waals surface area contributed by atoms with Gasteiger partial charge >= 0.3 is 0 Å². The fourth-order valence-electron chi connectivity index (χ4n) is 4.35. The van der Waals surface area contributed by atoms with Crippen LogP contribution in [-0.2, 0) is 4.79 Å². The van der Waals surface area contributed by atoms with Crippen LogP contribution in [0.3, 0.4) is 0 Å². The third-order valence-electron chi connectivity index (χ3n) is 4.77. The lowest BCUT2D eigenvalue weighted by Gasteiger charge is -2.23. The van der Waals surface area contributed by atoms with Crippen LogP contribution in [0.2, 0.25) is 0 Å². The molecule has 3 aliphatic rings. The van der Waals surface area contributed by atoms with E-state index in [-0.39, 0.29) is 17.4 Å². The minimum Gasteiger partial charge on any atom is -0.392 e. The second-order valence-electron chi connectivity index (χ2n) is 5.07. The lowest BCUT2D eigenvalue weighted by molar-refractivity contribution is -0.119. The van der Waals surface area contributed by atoms with Gasteiger partial charge in [0.1, 0.15) is 5.78 Å². The van der Waals surface area contributed by atoms with Crippen LogP contribution in [0.5, 0.6) is 0 Å². The first-order valence-electron chi connectivity index (χ1n) is 5.54. The first kappa shape index (κ1) is 8.66. The van der Waals surface area contributed by atoms with Crippen molar-refractivity contribution in [3.8, 4) is 0 Å². The predicted octanol–water partition coefficient (Wildman–Crippen LogP) is 1.54. The van der Waals surface area contributed by atoms with Gasteiger partial charge in [-0.2, -0.15) is 0 Å². The number of rotatable bonds is 3. The van der Waals surface area contributed by atoms with Crippen molar-refractivity contribution < 1.29 is 9.90 Å². The van der Waals surface area contributed by atoms with Gasteiger partial charge in [0.15, 0.2) is 0 Å². The molecule has 1 N–H and O–H groups in total. The first-order valence-corrected chi connectivity index (χ1v) is 5.54. The molecule has 0 aliphatic heterocycles. The van der Waals surface area contributed by atoms with Crippen LogP contribution in [0, 0.1) is 23.2 Å². The highest BCUT2D eigenvalue weighted by Crippen LogP contribution is 2.78. The monoisotopic (exact) mass is 192 g/mol. The molecule has 0 bridgehead atoms. The summed E-state index contributed by atoms with van der Waals surface area (Å²) in [6, 6.07) is 0. The van der Waals surface area contributed by atoms with Gasteiger partial charge in [-0.3, -0.25) is 4.79 Å². The molecule has 1 unspecified atom stereocenters. The molecule has 0 spiro atoms. The van der Waals surface area contributed by atoms with Crippen LogP contribution in [0.4, 0.5) is 0 Å². The molecule has 2 heteroatoms. The zero-order chi connectivity index (χ0) is 9.92.